The minimum absolute atomic E-state index is 0.308. The number of aromatic nitrogens is 2. The minimum Gasteiger partial charge on any atom is -0.308 e. The van der Waals surface area contributed by atoms with E-state index >= 15 is 0 Å². The summed E-state index contributed by atoms with van der Waals surface area (Å²) >= 11 is 1.75. The number of rotatable bonds is 4. The van der Waals surface area contributed by atoms with E-state index in [1.807, 2.05) is 48.7 Å². The zero-order valence-corrected chi connectivity index (χ0v) is 15.1. The lowest BCUT2D eigenvalue weighted by atomic mass is 10.1. The average Bonchev–Trinajstić information content (AvgIpc) is 3.35. The Balaban J connectivity index is 1.39. The van der Waals surface area contributed by atoms with Crippen molar-refractivity contribution in [1.29, 1.82) is 0 Å². The van der Waals surface area contributed by atoms with Gasteiger partial charge in [0.05, 0.1) is 9.88 Å². The maximum atomic E-state index is 12.0. The van der Waals surface area contributed by atoms with Crippen LogP contribution in [-0.2, 0) is 0 Å². The van der Waals surface area contributed by atoms with Crippen LogP contribution >= 0.6 is 11.3 Å². The van der Waals surface area contributed by atoms with Crippen LogP contribution in [0.4, 0.5) is 16.3 Å². The number of nitrogens with one attached hydrogen (secondary N) is 2. The second kappa shape index (κ2) is 7.66. The van der Waals surface area contributed by atoms with Crippen LogP contribution in [0.15, 0.2) is 54.9 Å². The second-order valence-electron chi connectivity index (χ2n) is 6.42. The van der Waals surface area contributed by atoms with Gasteiger partial charge in [-0.3, -0.25) is 5.32 Å². The molecule has 2 aromatic heterocycles. The largest absolute Gasteiger partial charge is 0.324 e. The summed E-state index contributed by atoms with van der Waals surface area (Å²) in [5.74, 6) is 1.15. The van der Waals surface area contributed by atoms with Gasteiger partial charge in [-0.15, -0.1) is 11.3 Å². The smallest absolute Gasteiger partial charge is 0.308 e. The number of pyridine rings is 1. The van der Waals surface area contributed by atoms with Crippen molar-refractivity contribution in [1.82, 2.24) is 9.97 Å². The number of amides is 2. The minimum atomic E-state index is -0.308. The van der Waals surface area contributed by atoms with Gasteiger partial charge in [-0.1, -0.05) is 31.0 Å². The van der Waals surface area contributed by atoms with E-state index in [-0.39, 0.29) is 6.03 Å². The summed E-state index contributed by atoms with van der Waals surface area (Å²) in [7, 11) is 0. The predicted octanol–water partition coefficient (Wildman–Crippen LogP) is 5.51. The molecule has 1 saturated carbocycles. The number of hydrogen-bond acceptors (Lipinski definition) is 4. The fourth-order valence-electron chi connectivity index (χ4n) is 3.20. The van der Waals surface area contributed by atoms with Crippen molar-refractivity contribution in [2.75, 3.05) is 10.6 Å². The SMILES string of the molecule is O=C(Nc1ccccc1)Nc1ccc(-c2cnc(C3CCCC3)s2)cn1. The summed E-state index contributed by atoms with van der Waals surface area (Å²) in [6.07, 6.45) is 8.85. The van der Waals surface area contributed by atoms with E-state index in [2.05, 4.69) is 20.6 Å². The second-order valence-corrected chi connectivity index (χ2v) is 7.48. The highest BCUT2D eigenvalue weighted by atomic mass is 32.1. The Labute approximate surface area is 156 Å². The summed E-state index contributed by atoms with van der Waals surface area (Å²) in [5.41, 5.74) is 1.77. The lowest BCUT2D eigenvalue weighted by molar-refractivity contribution is 0.262. The molecule has 0 atom stereocenters. The molecule has 2 amide bonds. The molecule has 2 heterocycles. The molecule has 1 fully saturated rings. The summed E-state index contributed by atoms with van der Waals surface area (Å²) in [4.78, 5) is 22.1. The zero-order valence-electron chi connectivity index (χ0n) is 14.3. The van der Waals surface area contributed by atoms with Crippen LogP contribution in [0.3, 0.4) is 0 Å². The van der Waals surface area contributed by atoms with E-state index in [4.69, 9.17) is 0 Å². The number of urea groups is 1. The molecule has 6 heteroatoms. The molecular weight excluding hydrogens is 344 g/mol. The molecule has 132 valence electrons. The number of anilines is 2. The van der Waals surface area contributed by atoms with Crippen molar-refractivity contribution in [3.8, 4) is 10.4 Å². The van der Waals surface area contributed by atoms with E-state index in [0.717, 1.165) is 16.1 Å². The van der Waals surface area contributed by atoms with Crippen LogP contribution in [0, 0.1) is 0 Å². The highest BCUT2D eigenvalue weighted by Gasteiger charge is 2.20. The number of hydrogen-bond donors (Lipinski definition) is 2. The van der Waals surface area contributed by atoms with Crippen molar-refractivity contribution in [2.45, 2.75) is 31.6 Å². The van der Waals surface area contributed by atoms with E-state index in [9.17, 15) is 4.79 Å². The van der Waals surface area contributed by atoms with Gasteiger partial charge in [0, 0.05) is 29.6 Å². The number of thiazole rings is 1. The van der Waals surface area contributed by atoms with Crippen LogP contribution in [-0.4, -0.2) is 16.0 Å². The van der Waals surface area contributed by atoms with Gasteiger partial charge >= 0.3 is 6.03 Å². The molecule has 0 spiro atoms. The van der Waals surface area contributed by atoms with Crippen molar-refractivity contribution < 1.29 is 4.79 Å². The molecule has 3 aromatic rings. The quantitative estimate of drug-likeness (QED) is 0.642. The van der Waals surface area contributed by atoms with Crippen molar-refractivity contribution in [3.05, 3.63) is 59.9 Å². The van der Waals surface area contributed by atoms with Crippen LogP contribution in [0.2, 0.25) is 0 Å². The Morgan fingerprint density at radius 2 is 1.77 bits per heavy atom. The van der Waals surface area contributed by atoms with Crippen LogP contribution in [0.25, 0.3) is 10.4 Å². The van der Waals surface area contributed by atoms with Gasteiger partial charge in [-0.05, 0) is 37.1 Å². The molecule has 0 radical (unpaired) electrons. The number of para-hydroxylation sites is 1. The molecule has 4 rings (SSSR count). The Bertz CT molecular complexity index is 870. The number of benzene rings is 1. The van der Waals surface area contributed by atoms with E-state index in [1.165, 1.54) is 30.7 Å². The van der Waals surface area contributed by atoms with Crippen molar-refractivity contribution >= 4 is 28.9 Å². The summed E-state index contributed by atoms with van der Waals surface area (Å²) in [5, 5.41) is 6.76. The normalized spacial score (nSPS) is 14.3. The van der Waals surface area contributed by atoms with Crippen LogP contribution < -0.4 is 10.6 Å². The van der Waals surface area contributed by atoms with Gasteiger partial charge in [-0.2, -0.15) is 0 Å². The lowest BCUT2D eigenvalue weighted by Gasteiger charge is -2.07. The fourth-order valence-corrected chi connectivity index (χ4v) is 4.27. The molecule has 26 heavy (non-hydrogen) atoms. The van der Waals surface area contributed by atoms with Crippen LogP contribution in [0.5, 0.6) is 0 Å². The maximum Gasteiger partial charge on any atom is 0.324 e. The highest BCUT2D eigenvalue weighted by Crippen LogP contribution is 2.38. The van der Waals surface area contributed by atoms with Crippen LogP contribution in [0.1, 0.15) is 36.6 Å². The first kappa shape index (κ1) is 16.7. The third kappa shape index (κ3) is 3.91. The Kier molecular flexibility index (Phi) is 4.93. The van der Waals surface area contributed by atoms with Gasteiger partial charge in [0.15, 0.2) is 0 Å². The predicted molar refractivity (Wildman–Crippen MR) is 106 cm³/mol. The van der Waals surface area contributed by atoms with Gasteiger partial charge in [0.1, 0.15) is 5.82 Å². The first-order valence-corrected chi connectivity index (χ1v) is 9.65. The molecule has 2 N–H and O–H groups in total. The maximum absolute atomic E-state index is 12.0. The molecule has 1 aromatic carbocycles. The molecule has 0 unspecified atom stereocenters. The third-order valence-electron chi connectivity index (χ3n) is 4.55. The summed E-state index contributed by atoms with van der Waals surface area (Å²) in [6, 6.07) is 12.8. The Hall–Kier alpha value is -2.73. The van der Waals surface area contributed by atoms with Crippen molar-refractivity contribution in [2.24, 2.45) is 0 Å². The molecule has 1 aliphatic rings. The Morgan fingerprint density at radius 3 is 2.50 bits per heavy atom. The van der Waals surface area contributed by atoms with Crippen molar-refractivity contribution in [3.63, 3.8) is 0 Å². The topological polar surface area (TPSA) is 66.9 Å². The molecule has 0 aliphatic heterocycles. The molecule has 1 aliphatic carbocycles. The zero-order chi connectivity index (χ0) is 17.8. The van der Waals surface area contributed by atoms with E-state index in [1.54, 1.807) is 17.5 Å². The van der Waals surface area contributed by atoms with Gasteiger partial charge in [0.2, 0.25) is 0 Å². The first-order chi connectivity index (χ1) is 12.8. The molecular formula is C20H20N4OS. The van der Waals surface area contributed by atoms with E-state index < -0.39 is 0 Å². The number of nitrogens with zero attached hydrogens (tertiary/aromatic N) is 2. The summed E-state index contributed by atoms with van der Waals surface area (Å²) in [6.45, 7) is 0. The van der Waals surface area contributed by atoms with Gasteiger partial charge in [-0.25, -0.2) is 14.8 Å². The third-order valence-corrected chi connectivity index (χ3v) is 5.76. The van der Waals surface area contributed by atoms with Gasteiger partial charge in [0.25, 0.3) is 0 Å². The fraction of sp³-hybridized carbons (Fsp3) is 0.250. The number of carbonyl (C=O) groups excluding carboxylic acids is 1. The standard InChI is InChI=1S/C20H20N4OS/c25-20(23-16-8-2-1-3-9-16)24-18-11-10-15(12-21-18)17-13-22-19(26-17)14-6-4-5-7-14/h1-3,8-14H,4-7H2,(H2,21,23,24,25). The van der Waals surface area contributed by atoms with Gasteiger partial charge < -0.3 is 5.32 Å². The monoisotopic (exact) mass is 364 g/mol. The van der Waals surface area contributed by atoms with E-state index in [0.29, 0.717) is 11.7 Å². The number of carbonyl (C=O) groups is 1. The molecule has 0 bridgehead atoms. The molecule has 0 saturated heterocycles. The first-order valence-electron chi connectivity index (χ1n) is 8.83. The molecule has 5 nitrogen and oxygen atoms in total. The summed E-state index contributed by atoms with van der Waals surface area (Å²) < 4.78 is 0. The Morgan fingerprint density at radius 1 is 0.962 bits per heavy atom. The average molecular weight is 364 g/mol. The lowest BCUT2D eigenvalue weighted by Crippen LogP contribution is -2.19. The highest BCUT2D eigenvalue weighted by molar-refractivity contribution is 7.15.